The number of amides is 1. The topological polar surface area (TPSA) is 88.8 Å². The molecule has 1 rings (SSSR count). The Hall–Kier alpha value is -1.34. The van der Waals surface area contributed by atoms with Crippen LogP contribution in [0.15, 0.2) is 21.2 Å². The lowest BCUT2D eigenvalue weighted by Gasteiger charge is -2.10. The number of rotatable bonds is 5. The van der Waals surface area contributed by atoms with Gasteiger partial charge in [-0.05, 0) is 22.0 Å². The van der Waals surface area contributed by atoms with Crippen molar-refractivity contribution in [2.75, 3.05) is 13.7 Å². The van der Waals surface area contributed by atoms with Crippen LogP contribution in [-0.2, 0) is 9.53 Å². The monoisotopic (exact) mass is 291 g/mol. The van der Waals surface area contributed by atoms with Crippen LogP contribution < -0.4 is 5.32 Å². The third kappa shape index (κ3) is 3.07. The lowest BCUT2D eigenvalue weighted by molar-refractivity contribution is -0.148. The lowest BCUT2D eigenvalue weighted by Crippen LogP contribution is -2.37. The van der Waals surface area contributed by atoms with Gasteiger partial charge in [-0.1, -0.05) is 0 Å². The molecule has 0 aliphatic rings. The van der Waals surface area contributed by atoms with Crippen molar-refractivity contribution in [3.05, 3.63) is 22.6 Å². The van der Waals surface area contributed by atoms with Gasteiger partial charge in [0.1, 0.15) is 0 Å². The van der Waals surface area contributed by atoms with Gasteiger partial charge in [0.15, 0.2) is 6.10 Å². The standard InChI is InChI=1S/C9H10BrNO5/c1-15-6(9(13)14)4-11-8(12)7-5(10)2-3-16-7/h2-3,6H,4H2,1H3,(H,11,12)(H,13,14). The van der Waals surface area contributed by atoms with Crippen LogP contribution in [0.1, 0.15) is 10.6 Å². The second kappa shape index (κ2) is 5.66. The maximum Gasteiger partial charge on any atom is 0.334 e. The van der Waals surface area contributed by atoms with E-state index in [1.807, 2.05) is 0 Å². The smallest absolute Gasteiger partial charge is 0.334 e. The number of hydrogen-bond acceptors (Lipinski definition) is 4. The zero-order chi connectivity index (χ0) is 12.1. The lowest BCUT2D eigenvalue weighted by atomic mass is 10.3. The molecule has 0 fully saturated rings. The van der Waals surface area contributed by atoms with Crippen LogP contribution >= 0.6 is 15.9 Å². The summed E-state index contributed by atoms with van der Waals surface area (Å²) in [7, 11) is 1.26. The number of carbonyl (C=O) groups excluding carboxylic acids is 1. The Morgan fingerprint density at radius 3 is 2.81 bits per heavy atom. The van der Waals surface area contributed by atoms with Crippen LogP contribution in [0.25, 0.3) is 0 Å². The first kappa shape index (κ1) is 12.7. The number of furan rings is 1. The van der Waals surface area contributed by atoms with Crippen molar-refractivity contribution in [1.82, 2.24) is 5.32 Å². The normalized spacial score (nSPS) is 12.1. The molecule has 0 saturated heterocycles. The van der Waals surface area contributed by atoms with E-state index in [9.17, 15) is 9.59 Å². The Morgan fingerprint density at radius 2 is 2.38 bits per heavy atom. The summed E-state index contributed by atoms with van der Waals surface area (Å²) in [5, 5.41) is 11.1. The molecule has 1 unspecified atom stereocenters. The number of nitrogens with one attached hydrogen (secondary N) is 1. The second-order valence-electron chi connectivity index (χ2n) is 2.87. The van der Waals surface area contributed by atoms with Crippen molar-refractivity contribution in [2.45, 2.75) is 6.10 Å². The number of ether oxygens (including phenoxy) is 1. The average Bonchev–Trinajstić information content (AvgIpc) is 2.64. The highest BCUT2D eigenvalue weighted by molar-refractivity contribution is 9.10. The maximum absolute atomic E-state index is 11.5. The fourth-order valence-corrected chi connectivity index (χ4v) is 1.37. The van der Waals surface area contributed by atoms with Crippen molar-refractivity contribution < 1.29 is 23.8 Å². The quantitative estimate of drug-likeness (QED) is 0.840. The maximum atomic E-state index is 11.5. The fourth-order valence-electron chi connectivity index (χ4n) is 0.993. The van der Waals surface area contributed by atoms with E-state index in [1.165, 1.54) is 13.4 Å². The minimum atomic E-state index is -1.14. The number of carboxylic acids is 1. The molecule has 1 aromatic heterocycles. The van der Waals surface area contributed by atoms with Crippen LogP contribution in [0, 0.1) is 0 Å². The Balaban J connectivity index is 2.53. The number of carboxylic acid groups (broad SMARTS) is 1. The van der Waals surface area contributed by atoms with Crippen LogP contribution in [0.3, 0.4) is 0 Å². The van der Waals surface area contributed by atoms with E-state index in [4.69, 9.17) is 9.52 Å². The molecule has 7 heteroatoms. The van der Waals surface area contributed by atoms with Crippen LogP contribution in [-0.4, -0.2) is 36.7 Å². The first-order valence-corrected chi connectivity index (χ1v) is 5.12. The van der Waals surface area contributed by atoms with E-state index < -0.39 is 18.0 Å². The SMILES string of the molecule is COC(CNC(=O)c1occc1Br)C(=O)O. The highest BCUT2D eigenvalue weighted by atomic mass is 79.9. The largest absolute Gasteiger partial charge is 0.479 e. The van der Waals surface area contributed by atoms with Crippen LogP contribution in [0.2, 0.25) is 0 Å². The minimum Gasteiger partial charge on any atom is -0.479 e. The summed E-state index contributed by atoms with van der Waals surface area (Å²) >= 11 is 3.12. The van der Waals surface area contributed by atoms with E-state index in [-0.39, 0.29) is 12.3 Å². The van der Waals surface area contributed by atoms with Crippen LogP contribution in [0.4, 0.5) is 0 Å². The Bertz CT molecular complexity index is 389. The van der Waals surface area contributed by atoms with Gasteiger partial charge in [-0.2, -0.15) is 0 Å². The second-order valence-corrected chi connectivity index (χ2v) is 3.72. The number of hydrogen-bond donors (Lipinski definition) is 2. The summed E-state index contributed by atoms with van der Waals surface area (Å²) < 4.78 is 10.1. The zero-order valence-electron chi connectivity index (χ0n) is 8.40. The van der Waals surface area contributed by atoms with E-state index in [0.717, 1.165) is 0 Å². The van der Waals surface area contributed by atoms with Gasteiger partial charge in [0.05, 0.1) is 17.3 Å². The molecule has 0 spiro atoms. The third-order valence-electron chi connectivity index (χ3n) is 1.83. The molecular formula is C9H10BrNO5. The number of carbonyl (C=O) groups is 2. The minimum absolute atomic E-state index is 0.0974. The molecule has 1 amide bonds. The van der Waals surface area contributed by atoms with Crippen molar-refractivity contribution in [1.29, 1.82) is 0 Å². The summed E-state index contributed by atoms with van der Waals surface area (Å²) in [6.45, 7) is -0.127. The highest BCUT2D eigenvalue weighted by Gasteiger charge is 2.19. The van der Waals surface area contributed by atoms with Gasteiger partial charge in [0.25, 0.3) is 5.91 Å². The average molecular weight is 292 g/mol. The van der Waals surface area contributed by atoms with Gasteiger partial charge >= 0.3 is 5.97 Å². The van der Waals surface area contributed by atoms with E-state index in [2.05, 4.69) is 26.0 Å². The molecule has 0 bridgehead atoms. The molecular weight excluding hydrogens is 282 g/mol. The highest BCUT2D eigenvalue weighted by Crippen LogP contribution is 2.16. The molecule has 88 valence electrons. The molecule has 1 aromatic rings. The Morgan fingerprint density at radius 1 is 1.69 bits per heavy atom. The summed E-state index contributed by atoms with van der Waals surface area (Å²) in [6.07, 6.45) is 0.280. The number of aliphatic carboxylic acids is 1. The van der Waals surface area contributed by atoms with Crippen molar-refractivity contribution in [3.8, 4) is 0 Å². The molecule has 0 aliphatic carbocycles. The summed E-state index contributed by atoms with van der Waals surface area (Å²) in [5.74, 6) is -1.54. The molecule has 0 aliphatic heterocycles. The Labute approximate surface area is 99.7 Å². The van der Waals surface area contributed by atoms with E-state index in [0.29, 0.717) is 4.47 Å². The van der Waals surface area contributed by atoms with Crippen LogP contribution in [0.5, 0.6) is 0 Å². The third-order valence-corrected chi connectivity index (χ3v) is 2.46. The van der Waals surface area contributed by atoms with Crippen molar-refractivity contribution in [3.63, 3.8) is 0 Å². The predicted octanol–water partition coefficient (Wildman–Crippen LogP) is 0.872. The molecule has 2 N–H and O–H groups in total. The summed E-state index contributed by atoms with van der Waals surface area (Å²) in [4.78, 5) is 22.1. The number of methoxy groups -OCH3 is 1. The predicted molar refractivity (Wildman–Crippen MR) is 57.2 cm³/mol. The van der Waals surface area contributed by atoms with Gasteiger partial charge < -0.3 is 19.6 Å². The van der Waals surface area contributed by atoms with Gasteiger partial charge in [0, 0.05) is 7.11 Å². The van der Waals surface area contributed by atoms with Gasteiger partial charge in [-0.15, -0.1) is 0 Å². The first-order chi connectivity index (χ1) is 7.56. The molecule has 16 heavy (non-hydrogen) atoms. The van der Waals surface area contributed by atoms with Gasteiger partial charge in [0.2, 0.25) is 5.76 Å². The summed E-state index contributed by atoms with van der Waals surface area (Å²) in [6, 6.07) is 1.57. The summed E-state index contributed by atoms with van der Waals surface area (Å²) in [5.41, 5.74) is 0. The zero-order valence-corrected chi connectivity index (χ0v) is 9.98. The first-order valence-electron chi connectivity index (χ1n) is 4.33. The molecule has 0 radical (unpaired) electrons. The molecule has 1 atom stereocenters. The molecule has 0 saturated carbocycles. The van der Waals surface area contributed by atoms with Gasteiger partial charge in [-0.25, -0.2) is 4.79 Å². The fraction of sp³-hybridized carbons (Fsp3) is 0.333. The Kier molecular flexibility index (Phi) is 4.51. The van der Waals surface area contributed by atoms with Crippen molar-refractivity contribution in [2.24, 2.45) is 0 Å². The van der Waals surface area contributed by atoms with Crippen molar-refractivity contribution >= 4 is 27.8 Å². The molecule has 0 aromatic carbocycles. The van der Waals surface area contributed by atoms with E-state index in [1.54, 1.807) is 6.07 Å². The van der Waals surface area contributed by atoms with Gasteiger partial charge in [-0.3, -0.25) is 4.79 Å². The molecule has 6 nitrogen and oxygen atoms in total. The number of halogens is 1. The molecule has 1 heterocycles. The van der Waals surface area contributed by atoms with E-state index >= 15 is 0 Å².